The molecule has 1 aromatic rings. The zero-order valence-corrected chi connectivity index (χ0v) is 9.39. The van der Waals surface area contributed by atoms with Gasteiger partial charge in [-0.3, -0.25) is 0 Å². The number of rotatable bonds is 1. The summed E-state index contributed by atoms with van der Waals surface area (Å²) in [6, 6.07) is 5.97. The standard InChI is InChI=1S/C13H18FN/c1-9-5-12(7-13(14)6-9)11-4-3-10(2)15-8-11/h5-7,10-11,15H,3-4,8H2,1-2H3. The molecule has 0 spiro atoms. The summed E-state index contributed by atoms with van der Waals surface area (Å²) in [6.07, 6.45) is 2.34. The smallest absolute Gasteiger partial charge is 0.123 e. The third-order valence-corrected chi connectivity index (χ3v) is 3.20. The molecule has 15 heavy (non-hydrogen) atoms. The Balaban J connectivity index is 2.15. The van der Waals surface area contributed by atoms with Crippen LogP contribution in [-0.2, 0) is 0 Å². The van der Waals surface area contributed by atoms with E-state index < -0.39 is 0 Å². The average Bonchev–Trinajstić information content (AvgIpc) is 2.17. The summed E-state index contributed by atoms with van der Waals surface area (Å²) in [6.45, 7) is 5.13. The summed E-state index contributed by atoms with van der Waals surface area (Å²) < 4.78 is 13.2. The molecular formula is C13H18FN. The van der Waals surface area contributed by atoms with Crippen LogP contribution in [0.2, 0.25) is 0 Å². The van der Waals surface area contributed by atoms with Gasteiger partial charge in [-0.15, -0.1) is 0 Å². The third kappa shape index (κ3) is 2.57. The van der Waals surface area contributed by atoms with E-state index in [4.69, 9.17) is 0 Å². The summed E-state index contributed by atoms with van der Waals surface area (Å²) in [4.78, 5) is 0. The zero-order valence-electron chi connectivity index (χ0n) is 9.39. The van der Waals surface area contributed by atoms with Crippen LogP contribution >= 0.6 is 0 Å². The van der Waals surface area contributed by atoms with E-state index in [-0.39, 0.29) is 5.82 Å². The van der Waals surface area contributed by atoms with Crippen molar-refractivity contribution in [2.24, 2.45) is 0 Å². The van der Waals surface area contributed by atoms with Crippen molar-refractivity contribution in [3.05, 3.63) is 35.1 Å². The molecule has 0 saturated carbocycles. The van der Waals surface area contributed by atoms with E-state index in [2.05, 4.69) is 18.3 Å². The van der Waals surface area contributed by atoms with Gasteiger partial charge in [0, 0.05) is 12.6 Å². The normalized spacial score (nSPS) is 26.6. The van der Waals surface area contributed by atoms with Crippen LogP contribution in [0.1, 0.15) is 36.8 Å². The minimum atomic E-state index is -0.108. The lowest BCUT2D eigenvalue weighted by molar-refractivity contribution is 0.384. The molecule has 0 bridgehead atoms. The van der Waals surface area contributed by atoms with E-state index in [0.29, 0.717) is 12.0 Å². The Kier molecular flexibility index (Phi) is 3.06. The van der Waals surface area contributed by atoms with E-state index >= 15 is 0 Å². The number of halogens is 1. The zero-order chi connectivity index (χ0) is 10.8. The molecular weight excluding hydrogens is 189 g/mol. The predicted octanol–water partition coefficient (Wildman–Crippen LogP) is 2.99. The number of hydrogen-bond donors (Lipinski definition) is 1. The number of aryl methyl sites for hydroxylation is 1. The first-order valence-corrected chi connectivity index (χ1v) is 5.65. The molecule has 1 nitrogen and oxygen atoms in total. The van der Waals surface area contributed by atoms with Gasteiger partial charge in [0.2, 0.25) is 0 Å². The Morgan fingerprint density at radius 2 is 2.07 bits per heavy atom. The summed E-state index contributed by atoms with van der Waals surface area (Å²) >= 11 is 0. The van der Waals surface area contributed by atoms with Crippen molar-refractivity contribution in [3.8, 4) is 0 Å². The van der Waals surface area contributed by atoms with Gasteiger partial charge in [-0.25, -0.2) is 4.39 Å². The number of benzene rings is 1. The Morgan fingerprint density at radius 3 is 2.67 bits per heavy atom. The van der Waals surface area contributed by atoms with Crippen molar-refractivity contribution in [2.45, 2.75) is 38.6 Å². The fourth-order valence-electron chi connectivity index (χ4n) is 2.28. The minimum Gasteiger partial charge on any atom is -0.314 e. The quantitative estimate of drug-likeness (QED) is 0.746. The molecule has 0 amide bonds. The number of hydrogen-bond acceptors (Lipinski definition) is 1. The Bertz CT molecular complexity index is 320. The molecule has 2 atom stereocenters. The second-order valence-corrected chi connectivity index (χ2v) is 4.65. The van der Waals surface area contributed by atoms with Gasteiger partial charge in [-0.05, 0) is 55.9 Å². The molecule has 2 rings (SSSR count). The van der Waals surface area contributed by atoms with Crippen molar-refractivity contribution in [3.63, 3.8) is 0 Å². The van der Waals surface area contributed by atoms with E-state index in [9.17, 15) is 4.39 Å². The monoisotopic (exact) mass is 207 g/mol. The van der Waals surface area contributed by atoms with Crippen LogP contribution in [0.4, 0.5) is 4.39 Å². The second-order valence-electron chi connectivity index (χ2n) is 4.65. The van der Waals surface area contributed by atoms with E-state index in [1.165, 1.54) is 6.42 Å². The average molecular weight is 207 g/mol. The molecule has 2 unspecified atom stereocenters. The predicted molar refractivity (Wildman–Crippen MR) is 60.6 cm³/mol. The number of piperidine rings is 1. The summed E-state index contributed by atoms with van der Waals surface area (Å²) in [5.74, 6) is 0.374. The molecule has 82 valence electrons. The van der Waals surface area contributed by atoms with Crippen LogP contribution in [0.3, 0.4) is 0 Å². The van der Waals surface area contributed by atoms with Crippen LogP contribution in [0.5, 0.6) is 0 Å². The summed E-state index contributed by atoms with van der Waals surface area (Å²) in [7, 11) is 0. The van der Waals surface area contributed by atoms with Crippen molar-refractivity contribution in [1.29, 1.82) is 0 Å². The highest BCUT2D eigenvalue weighted by Gasteiger charge is 2.19. The molecule has 1 aliphatic rings. The largest absolute Gasteiger partial charge is 0.314 e. The van der Waals surface area contributed by atoms with E-state index in [1.54, 1.807) is 12.1 Å². The molecule has 0 aromatic heterocycles. The maximum absolute atomic E-state index is 13.2. The van der Waals surface area contributed by atoms with Gasteiger partial charge in [0.05, 0.1) is 0 Å². The lowest BCUT2D eigenvalue weighted by atomic mass is 9.88. The Labute approximate surface area is 90.7 Å². The van der Waals surface area contributed by atoms with Gasteiger partial charge in [-0.1, -0.05) is 6.07 Å². The SMILES string of the molecule is Cc1cc(F)cc(C2CCC(C)NC2)c1. The lowest BCUT2D eigenvalue weighted by Gasteiger charge is -2.28. The first-order valence-electron chi connectivity index (χ1n) is 5.65. The van der Waals surface area contributed by atoms with Crippen molar-refractivity contribution in [1.82, 2.24) is 5.32 Å². The van der Waals surface area contributed by atoms with Gasteiger partial charge < -0.3 is 5.32 Å². The highest BCUT2D eigenvalue weighted by Crippen LogP contribution is 2.26. The first kappa shape index (κ1) is 10.6. The topological polar surface area (TPSA) is 12.0 Å². The van der Waals surface area contributed by atoms with Gasteiger partial charge in [0.1, 0.15) is 5.82 Å². The van der Waals surface area contributed by atoms with Crippen molar-refractivity contribution >= 4 is 0 Å². The molecule has 1 N–H and O–H groups in total. The van der Waals surface area contributed by atoms with Crippen LogP contribution in [0, 0.1) is 12.7 Å². The molecule has 1 saturated heterocycles. The Morgan fingerprint density at radius 1 is 1.27 bits per heavy atom. The van der Waals surface area contributed by atoms with Gasteiger partial charge in [0.15, 0.2) is 0 Å². The molecule has 1 heterocycles. The van der Waals surface area contributed by atoms with Gasteiger partial charge >= 0.3 is 0 Å². The second kappa shape index (κ2) is 4.31. The summed E-state index contributed by atoms with van der Waals surface area (Å²) in [5.41, 5.74) is 2.16. The number of nitrogens with one attached hydrogen (secondary N) is 1. The van der Waals surface area contributed by atoms with Crippen LogP contribution in [0.15, 0.2) is 18.2 Å². The first-order chi connectivity index (χ1) is 7.15. The van der Waals surface area contributed by atoms with Crippen LogP contribution in [0.25, 0.3) is 0 Å². The van der Waals surface area contributed by atoms with Gasteiger partial charge in [0.25, 0.3) is 0 Å². The third-order valence-electron chi connectivity index (χ3n) is 3.20. The Hall–Kier alpha value is -0.890. The molecule has 1 fully saturated rings. The van der Waals surface area contributed by atoms with E-state index in [1.807, 2.05) is 6.92 Å². The maximum Gasteiger partial charge on any atom is 0.123 e. The molecule has 2 heteroatoms. The minimum absolute atomic E-state index is 0.108. The fraction of sp³-hybridized carbons (Fsp3) is 0.538. The lowest BCUT2D eigenvalue weighted by Crippen LogP contribution is -2.35. The van der Waals surface area contributed by atoms with Gasteiger partial charge in [-0.2, -0.15) is 0 Å². The highest BCUT2D eigenvalue weighted by atomic mass is 19.1. The van der Waals surface area contributed by atoms with Crippen molar-refractivity contribution < 1.29 is 4.39 Å². The fourth-order valence-corrected chi connectivity index (χ4v) is 2.28. The van der Waals surface area contributed by atoms with E-state index in [0.717, 1.165) is 24.1 Å². The molecule has 1 aromatic carbocycles. The molecule has 0 radical (unpaired) electrons. The van der Waals surface area contributed by atoms with Crippen molar-refractivity contribution in [2.75, 3.05) is 6.54 Å². The highest BCUT2D eigenvalue weighted by molar-refractivity contribution is 5.27. The maximum atomic E-state index is 13.2. The van der Waals surface area contributed by atoms with Crippen LogP contribution < -0.4 is 5.32 Å². The molecule has 0 aliphatic carbocycles. The molecule has 1 aliphatic heterocycles. The van der Waals surface area contributed by atoms with Crippen LogP contribution in [-0.4, -0.2) is 12.6 Å². The summed E-state index contributed by atoms with van der Waals surface area (Å²) in [5, 5.41) is 3.45.